The van der Waals surface area contributed by atoms with Crippen LogP contribution in [0.15, 0.2) is 60.7 Å². The third kappa shape index (κ3) is 9.28. The highest BCUT2D eigenvalue weighted by molar-refractivity contribution is 5.93. The maximum atomic E-state index is 12.3. The summed E-state index contributed by atoms with van der Waals surface area (Å²) in [5.41, 5.74) is 2.42. The van der Waals surface area contributed by atoms with E-state index in [-0.39, 0.29) is 5.91 Å². The highest BCUT2D eigenvalue weighted by Gasteiger charge is 2.16. The lowest BCUT2D eigenvalue weighted by molar-refractivity contribution is -0.118. The van der Waals surface area contributed by atoms with Gasteiger partial charge < -0.3 is 19.4 Å². The van der Waals surface area contributed by atoms with E-state index < -0.39 is 0 Å². The van der Waals surface area contributed by atoms with Gasteiger partial charge in [0, 0.05) is 71.1 Å². The zero-order valence-electron chi connectivity index (χ0n) is 20.3. The van der Waals surface area contributed by atoms with E-state index in [1.54, 1.807) is 0 Å². The topological polar surface area (TPSA) is 36.0 Å². The van der Waals surface area contributed by atoms with Gasteiger partial charge in [-0.05, 0) is 43.4 Å². The Morgan fingerprint density at radius 3 is 2.09 bits per heavy atom. The Balaban J connectivity index is 1.19. The number of ether oxygens (including phenoxy) is 1. The summed E-state index contributed by atoms with van der Waals surface area (Å²) in [5, 5.41) is 0. The van der Waals surface area contributed by atoms with Crippen molar-refractivity contribution < 1.29 is 9.53 Å². The van der Waals surface area contributed by atoms with Crippen molar-refractivity contribution >= 4 is 11.6 Å². The quantitative estimate of drug-likeness (QED) is 0.397. The van der Waals surface area contributed by atoms with E-state index in [1.165, 1.54) is 18.7 Å². The fourth-order valence-electron chi connectivity index (χ4n) is 4.33. The zero-order valence-corrected chi connectivity index (χ0v) is 20.3. The van der Waals surface area contributed by atoms with E-state index in [1.807, 2.05) is 42.2 Å². The standard InChI is InChI=1S/C28H41N3O2/c1-2-28(32)31(27-14-7-4-8-15-27)18-9-10-24-33-25-11-17-29-20-22-30(23-21-29)19-16-26-12-5-3-6-13-26/h3-8,12-15H,2,9-11,16-25H2,1H3. The van der Waals surface area contributed by atoms with Gasteiger partial charge in [-0.25, -0.2) is 0 Å². The highest BCUT2D eigenvalue weighted by atomic mass is 16.5. The van der Waals surface area contributed by atoms with Crippen LogP contribution in [0.4, 0.5) is 5.69 Å². The molecule has 5 nitrogen and oxygen atoms in total. The Hall–Kier alpha value is -2.21. The summed E-state index contributed by atoms with van der Waals surface area (Å²) >= 11 is 0. The molecule has 0 atom stereocenters. The van der Waals surface area contributed by atoms with Gasteiger partial charge >= 0.3 is 0 Å². The van der Waals surface area contributed by atoms with Crippen molar-refractivity contribution in [1.29, 1.82) is 0 Å². The molecule has 0 unspecified atom stereocenters. The molecular formula is C28H41N3O2. The molecule has 0 aromatic heterocycles. The van der Waals surface area contributed by atoms with Gasteiger partial charge in [0.05, 0.1) is 0 Å². The first-order valence-electron chi connectivity index (χ1n) is 12.7. The number of anilines is 1. The van der Waals surface area contributed by atoms with E-state index in [4.69, 9.17) is 4.74 Å². The number of piperazine rings is 1. The predicted octanol–water partition coefficient (Wildman–Crippen LogP) is 4.48. The van der Waals surface area contributed by atoms with Crippen molar-refractivity contribution in [3.63, 3.8) is 0 Å². The van der Waals surface area contributed by atoms with E-state index in [0.29, 0.717) is 6.42 Å². The van der Waals surface area contributed by atoms with Gasteiger partial charge in [-0.2, -0.15) is 0 Å². The molecule has 1 fully saturated rings. The summed E-state index contributed by atoms with van der Waals surface area (Å²) in [6.45, 7) is 11.2. The number of rotatable bonds is 14. The van der Waals surface area contributed by atoms with Crippen LogP contribution < -0.4 is 4.90 Å². The molecule has 3 rings (SSSR count). The summed E-state index contributed by atoms with van der Waals surface area (Å²) < 4.78 is 5.87. The molecule has 0 N–H and O–H groups in total. The van der Waals surface area contributed by atoms with Crippen molar-refractivity contribution in [3.8, 4) is 0 Å². The van der Waals surface area contributed by atoms with Crippen LogP contribution >= 0.6 is 0 Å². The molecule has 2 aromatic rings. The van der Waals surface area contributed by atoms with E-state index >= 15 is 0 Å². The largest absolute Gasteiger partial charge is 0.381 e. The molecule has 2 aromatic carbocycles. The van der Waals surface area contributed by atoms with Gasteiger partial charge in [-0.15, -0.1) is 0 Å². The van der Waals surface area contributed by atoms with Crippen LogP contribution in [0, 0.1) is 0 Å². The van der Waals surface area contributed by atoms with Crippen LogP contribution in [-0.2, 0) is 16.0 Å². The third-order valence-electron chi connectivity index (χ3n) is 6.38. The summed E-state index contributed by atoms with van der Waals surface area (Å²) in [4.78, 5) is 19.3. The maximum Gasteiger partial charge on any atom is 0.226 e. The Bertz CT molecular complexity index is 776. The van der Waals surface area contributed by atoms with E-state index in [9.17, 15) is 4.79 Å². The molecule has 1 amide bonds. The third-order valence-corrected chi connectivity index (χ3v) is 6.38. The lowest BCUT2D eigenvalue weighted by Crippen LogP contribution is -2.47. The van der Waals surface area contributed by atoms with E-state index in [2.05, 4.69) is 40.1 Å². The van der Waals surface area contributed by atoms with Crippen LogP contribution in [0.2, 0.25) is 0 Å². The first-order valence-corrected chi connectivity index (χ1v) is 12.7. The van der Waals surface area contributed by atoms with Crippen molar-refractivity contribution in [2.45, 2.75) is 39.0 Å². The molecule has 1 heterocycles. The minimum Gasteiger partial charge on any atom is -0.381 e. The van der Waals surface area contributed by atoms with Gasteiger partial charge in [0.1, 0.15) is 0 Å². The summed E-state index contributed by atoms with van der Waals surface area (Å²) in [5.74, 6) is 0.183. The molecule has 1 aliphatic rings. The van der Waals surface area contributed by atoms with Crippen molar-refractivity contribution in [2.24, 2.45) is 0 Å². The Kier molecular flexibility index (Phi) is 11.4. The van der Waals surface area contributed by atoms with Gasteiger partial charge in [-0.3, -0.25) is 4.79 Å². The van der Waals surface area contributed by atoms with Crippen LogP contribution in [0.1, 0.15) is 38.2 Å². The number of unbranched alkanes of at least 4 members (excludes halogenated alkanes) is 1. The normalized spacial score (nSPS) is 14.9. The molecule has 1 saturated heterocycles. The van der Waals surface area contributed by atoms with Gasteiger partial charge in [-0.1, -0.05) is 55.5 Å². The van der Waals surface area contributed by atoms with Crippen LogP contribution in [0.25, 0.3) is 0 Å². The molecule has 0 radical (unpaired) electrons. The van der Waals surface area contributed by atoms with Crippen molar-refractivity contribution in [1.82, 2.24) is 9.80 Å². The number of carbonyl (C=O) groups is 1. The fraction of sp³-hybridized carbons (Fsp3) is 0.536. The van der Waals surface area contributed by atoms with Gasteiger partial charge in [0.25, 0.3) is 0 Å². The molecular weight excluding hydrogens is 410 g/mol. The number of carbonyl (C=O) groups excluding carboxylic acids is 1. The molecule has 0 bridgehead atoms. The monoisotopic (exact) mass is 451 g/mol. The van der Waals surface area contributed by atoms with Crippen LogP contribution in [0.5, 0.6) is 0 Å². The average Bonchev–Trinajstić information content (AvgIpc) is 2.88. The summed E-state index contributed by atoms with van der Waals surface area (Å²) in [6.07, 6.45) is 4.72. The SMILES string of the molecule is CCC(=O)N(CCCCOCCCN1CCN(CCc2ccccc2)CC1)c1ccccc1. The minimum absolute atomic E-state index is 0.183. The number of para-hydroxylation sites is 1. The van der Waals surface area contributed by atoms with Crippen molar-refractivity contribution in [2.75, 3.05) is 63.9 Å². The lowest BCUT2D eigenvalue weighted by Gasteiger charge is -2.34. The summed E-state index contributed by atoms with van der Waals surface area (Å²) in [6, 6.07) is 20.8. The minimum atomic E-state index is 0.183. The predicted molar refractivity (Wildman–Crippen MR) is 137 cm³/mol. The first-order chi connectivity index (χ1) is 16.3. The smallest absolute Gasteiger partial charge is 0.226 e. The number of hydrogen-bond acceptors (Lipinski definition) is 4. The second-order valence-electron chi connectivity index (χ2n) is 8.83. The van der Waals surface area contributed by atoms with Crippen molar-refractivity contribution in [3.05, 3.63) is 66.2 Å². The molecule has 0 saturated carbocycles. The molecule has 5 heteroatoms. The zero-order chi connectivity index (χ0) is 23.1. The number of amides is 1. The fourth-order valence-corrected chi connectivity index (χ4v) is 4.33. The average molecular weight is 452 g/mol. The number of benzene rings is 2. The Morgan fingerprint density at radius 1 is 0.818 bits per heavy atom. The lowest BCUT2D eigenvalue weighted by atomic mass is 10.1. The van der Waals surface area contributed by atoms with E-state index in [0.717, 1.165) is 77.3 Å². The maximum absolute atomic E-state index is 12.3. The highest BCUT2D eigenvalue weighted by Crippen LogP contribution is 2.15. The molecule has 0 spiro atoms. The Morgan fingerprint density at radius 2 is 1.42 bits per heavy atom. The Labute approximate surface area is 200 Å². The van der Waals surface area contributed by atoms with Gasteiger partial charge in [0.2, 0.25) is 5.91 Å². The number of nitrogens with zero attached hydrogens (tertiary/aromatic N) is 3. The number of hydrogen-bond donors (Lipinski definition) is 0. The van der Waals surface area contributed by atoms with Crippen LogP contribution in [-0.4, -0.2) is 74.7 Å². The second-order valence-corrected chi connectivity index (χ2v) is 8.83. The van der Waals surface area contributed by atoms with Crippen LogP contribution in [0.3, 0.4) is 0 Å². The molecule has 1 aliphatic heterocycles. The first kappa shape index (κ1) is 25.4. The second kappa shape index (κ2) is 14.8. The summed E-state index contributed by atoms with van der Waals surface area (Å²) in [7, 11) is 0. The van der Waals surface area contributed by atoms with Gasteiger partial charge in [0.15, 0.2) is 0 Å². The molecule has 180 valence electrons. The molecule has 0 aliphatic carbocycles. The molecule has 33 heavy (non-hydrogen) atoms.